The average Bonchev–Trinajstić information content (AvgIpc) is 3.26. The van der Waals surface area contributed by atoms with Crippen LogP contribution in [-0.4, -0.2) is 25.7 Å². The van der Waals surface area contributed by atoms with Crippen molar-refractivity contribution in [2.75, 3.05) is 10.6 Å². The third kappa shape index (κ3) is 4.40. The molecule has 0 fully saturated rings. The monoisotopic (exact) mass is 474 g/mol. The van der Waals surface area contributed by atoms with Gasteiger partial charge in [0.05, 0.1) is 6.04 Å². The summed E-state index contributed by atoms with van der Waals surface area (Å²) in [7, 11) is 0. The Balaban J connectivity index is 1.47. The summed E-state index contributed by atoms with van der Waals surface area (Å²) in [4.78, 5) is 25.1. The third-order valence-corrected chi connectivity index (χ3v) is 6.32. The van der Waals surface area contributed by atoms with Crippen LogP contribution >= 0.6 is 11.8 Å². The van der Waals surface area contributed by atoms with Crippen LogP contribution in [0.3, 0.4) is 0 Å². The Morgan fingerprint density at radius 3 is 2.88 bits per heavy atom. The summed E-state index contributed by atoms with van der Waals surface area (Å²) in [5, 5.41) is 11.2. The number of anilines is 2. The number of pyridine rings is 2. The maximum Gasteiger partial charge on any atom is 0.236 e. The molecule has 1 aliphatic rings. The first-order valence-electron chi connectivity index (χ1n) is 10.6. The maximum absolute atomic E-state index is 14.0. The van der Waals surface area contributed by atoms with E-state index in [1.54, 1.807) is 59.8 Å². The summed E-state index contributed by atoms with van der Waals surface area (Å²) >= 11 is 1.32. The van der Waals surface area contributed by atoms with Crippen molar-refractivity contribution in [2.45, 2.75) is 17.0 Å². The number of fused-ring (bicyclic) bond motifs is 1. The number of amides is 1. The Morgan fingerprint density at radius 2 is 2.12 bits per heavy atom. The van der Waals surface area contributed by atoms with Crippen molar-refractivity contribution < 1.29 is 14.2 Å². The molecule has 4 aromatic rings. The van der Waals surface area contributed by atoms with Gasteiger partial charge in [-0.3, -0.25) is 9.78 Å². The number of thioether (sulfide) groups is 1. The van der Waals surface area contributed by atoms with Gasteiger partial charge in [-0.05, 0) is 29.3 Å². The largest absolute Gasteiger partial charge is 0.328 e. The molecule has 1 amide bonds. The second-order valence-electron chi connectivity index (χ2n) is 7.68. The summed E-state index contributed by atoms with van der Waals surface area (Å²) in [6, 6.07) is 13.4. The third-order valence-electron chi connectivity index (χ3n) is 5.44. The first-order valence-corrected chi connectivity index (χ1v) is 11.5. The molecule has 0 bridgehead atoms. The maximum atomic E-state index is 14.0. The van der Waals surface area contributed by atoms with Gasteiger partial charge in [0.1, 0.15) is 17.4 Å². The van der Waals surface area contributed by atoms with Gasteiger partial charge in [-0.25, -0.2) is 14.1 Å². The molecule has 4 heterocycles. The molecule has 0 aliphatic carbocycles. The second kappa shape index (κ2) is 9.44. The topological polar surface area (TPSA) is 98.9 Å². The molecule has 34 heavy (non-hydrogen) atoms. The van der Waals surface area contributed by atoms with E-state index in [1.165, 1.54) is 17.8 Å². The van der Waals surface area contributed by atoms with E-state index in [-0.39, 0.29) is 11.7 Å². The molecule has 1 aromatic carbocycles. The lowest BCUT2D eigenvalue weighted by Crippen LogP contribution is -2.39. The predicted octanol–water partition coefficient (Wildman–Crippen LogP) is 3.70. The van der Waals surface area contributed by atoms with E-state index in [1.807, 2.05) is 12.1 Å². The van der Waals surface area contributed by atoms with Crippen LogP contribution in [0.1, 0.15) is 17.2 Å². The average molecular weight is 475 g/mol. The number of hydrogen-bond acceptors (Lipinski definition) is 6. The number of nitrogens with zero attached hydrogens (tertiary/aromatic N) is 4. The Hall–Kier alpha value is -4.05. The van der Waals surface area contributed by atoms with Crippen LogP contribution in [0.2, 0.25) is 0 Å². The minimum Gasteiger partial charge on any atom is -0.328 e. The Morgan fingerprint density at radius 1 is 1.24 bits per heavy atom. The molecule has 10 heteroatoms. The van der Waals surface area contributed by atoms with Crippen LogP contribution in [0.4, 0.5) is 16.0 Å². The lowest BCUT2D eigenvalue weighted by atomic mass is 9.89. The fourth-order valence-corrected chi connectivity index (χ4v) is 4.65. The van der Waals surface area contributed by atoms with Crippen LogP contribution < -0.4 is 15.6 Å². The van der Waals surface area contributed by atoms with Crippen molar-refractivity contribution >= 4 is 29.3 Å². The van der Waals surface area contributed by atoms with Crippen molar-refractivity contribution in [3.63, 3.8) is 0 Å². The van der Waals surface area contributed by atoms with Gasteiger partial charge < -0.3 is 10.6 Å². The Kier molecular flexibility index (Phi) is 6.05. The highest BCUT2D eigenvalue weighted by atomic mass is 32.2. The first kappa shape index (κ1) is 21.8. The molecule has 8 nitrogen and oxygen atoms in total. The summed E-state index contributed by atoms with van der Waals surface area (Å²) < 4.78 is 15.7. The number of rotatable bonds is 6. The smallest absolute Gasteiger partial charge is 0.236 e. The molecule has 1 aliphatic heterocycles. The number of carbonyl (C=O) groups excluding carboxylic acids is 1. The summed E-state index contributed by atoms with van der Waals surface area (Å²) in [5.41, 5.74) is 2.49. The molecule has 3 aromatic heterocycles. The summed E-state index contributed by atoms with van der Waals surface area (Å²) in [5.74, 6) is -0.348. The fraction of sp³-hybridized carbons (Fsp3) is 0.125. The van der Waals surface area contributed by atoms with Crippen LogP contribution in [-0.2, 0) is 10.5 Å². The van der Waals surface area contributed by atoms with E-state index < -0.39 is 12.0 Å². The van der Waals surface area contributed by atoms with Gasteiger partial charge in [-0.2, -0.15) is 4.98 Å². The highest BCUT2D eigenvalue weighted by Gasteiger charge is 2.40. The number of hydrogen-bond donors (Lipinski definition) is 2. The molecule has 0 saturated heterocycles. The van der Waals surface area contributed by atoms with Crippen LogP contribution in [0.5, 0.6) is 0 Å². The van der Waals surface area contributed by atoms with Gasteiger partial charge >= 0.3 is 0 Å². The van der Waals surface area contributed by atoms with Crippen molar-refractivity contribution in [3.8, 4) is 0 Å². The van der Waals surface area contributed by atoms with Crippen LogP contribution in [0.25, 0.3) is 0 Å². The van der Waals surface area contributed by atoms with E-state index >= 15 is 0 Å². The van der Waals surface area contributed by atoms with Gasteiger partial charge in [-0.1, -0.05) is 42.6 Å². The van der Waals surface area contributed by atoms with E-state index in [4.69, 9.17) is 0 Å². The standard InChI is InChI=1S/C24H20FN7OS/c1-15-20(22(33)29-18-8-5-11-27-13-18)21(16-7-4-10-26-12-16)32-23(28-15)30-24(31-32)34-14-17-6-2-3-9-19(17)25/h2-13,20-21H,1,14H2,(H,29,33)(H,28,30,31)/p+1. The minimum atomic E-state index is -0.678. The number of halogens is 1. The van der Waals surface area contributed by atoms with Gasteiger partial charge in [0, 0.05) is 29.9 Å². The Bertz CT molecular complexity index is 1330. The SMILES string of the molecule is C=C1Nc2nc(SCc3ccccc3F)nn2C(c2cccnc2)C1C(=O)Nc1ccc[nH+]c1. The zero-order valence-corrected chi connectivity index (χ0v) is 18.8. The zero-order chi connectivity index (χ0) is 23.5. The first-order chi connectivity index (χ1) is 16.6. The molecule has 3 N–H and O–H groups in total. The van der Waals surface area contributed by atoms with E-state index in [9.17, 15) is 9.18 Å². The summed E-state index contributed by atoms with van der Waals surface area (Å²) in [6.07, 6.45) is 6.84. The molecule has 0 saturated carbocycles. The lowest BCUT2D eigenvalue weighted by Gasteiger charge is -2.33. The minimum absolute atomic E-state index is 0.243. The molecule has 0 radical (unpaired) electrons. The van der Waals surface area contributed by atoms with Gasteiger partial charge in [-0.15, -0.1) is 5.10 Å². The number of aromatic nitrogens is 5. The highest BCUT2D eigenvalue weighted by Crippen LogP contribution is 2.39. The fourth-order valence-electron chi connectivity index (χ4n) is 3.83. The number of H-pyrrole nitrogens is 1. The van der Waals surface area contributed by atoms with Gasteiger partial charge in [0.25, 0.3) is 0 Å². The van der Waals surface area contributed by atoms with Crippen LogP contribution in [0, 0.1) is 11.7 Å². The van der Waals surface area contributed by atoms with Crippen molar-refractivity contribution in [2.24, 2.45) is 5.92 Å². The second-order valence-corrected chi connectivity index (χ2v) is 8.63. The molecule has 2 unspecified atom stereocenters. The quantitative estimate of drug-likeness (QED) is 0.414. The molecule has 0 spiro atoms. The molecular weight excluding hydrogens is 453 g/mol. The van der Waals surface area contributed by atoms with Gasteiger partial charge in [0.2, 0.25) is 17.0 Å². The number of carbonyl (C=O) groups is 1. The molecule has 170 valence electrons. The van der Waals surface area contributed by atoms with E-state index in [0.717, 1.165) is 5.56 Å². The van der Waals surface area contributed by atoms with E-state index in [2.05, 4.69) is 37.3 Å². The van der Waals surface area contributed by atoms with E-state index in [0.29, 0.717) is 33.8 Å². The molecule has 2 atom stereocenters. The normalized spacial score (nSPS) is 17.0. The van der Waals surface area contributed by atoms with Crippen molar-refractivity contribution in [1.82, 2.24) is 19.7 Å². The van der Waals surface area contributed by atoms with Crippen molar-refractivity contribution in [1.29, 1.82) is 0 Å². The van der Waals surface area contributed by atoms with Crippen LogP contribution in [0.15, 0.2) is 90.8 Å². The number of benzene rings is 1. The molecule has 5 rings (SSSR count). The summed E-state index contributed by atoms with van der Waals surface area (Å²) in [6.45, 7) is 4.11. The number of aromatic amines is 1. The number of nitrogens with one attached hydrogen (secondary N) is 3. The highest BCUT2D eigenvalue weighted by molar-refractivity contribution is 7.98. The Labute approximate surface area is 199 Å². The lowest BCUT2D eigenvalue weighted by molar-refractivity contribution is -0.377. The molecular formula is C24H21FN7OS+. The predicted molar refractivity (Wildman–Crippen MR) is 126 cm³/mol. The zero-order valence-electron chi connectivity index (χ0n) is 18.0. The van der Waals surface area contributed by atoms with Gasteiger partial charge in [0.15, 0.2) is 12.4 Å². The van der Waals surface area contributed by atoms with Crippen molar-refractivity contribution in [3.05, 3.63) is 103 Å².